The summed E-state index contributed by atoms with van der Waals surface area (Å²) < 4.78 is 5.62. The van der Waals surface area contributed by atoms with Crippen LogP contribution in [0.3, 0.4) is 0 Å². The molecule has 0 aromatic heterocycles. The van der Waals surface area contributed by atoms with E-state index < -0.39 is 16.8 Å². The van der Waals surface area contributed by atoms with Gasteiger partial charge in [-0.1, -0.05) is 0 Å². The van der Waals surface area contributed by atoms with Gasteiger partial charge in [-0.2, -0.15) is 0 Å². The van der Waals surface area contributed by atoms with Crippen molar-refractivity contribution in [1.82, 2.24) is 20.9 Å². The van der Waals surface area contributed by atoms with E-state index in [1.54, 1.807) is 0 Å². The molecule has 0 radical (unpaired) electrons. The lowest BCUT2D eigenvalue weighted by Crippen LogP contribution is -2.36. The molecule has 1 heterocycles. The predicted molar refractivity (Wildman–Crippen MR) is 162 cm³/mol. The first-order chi connectivity index (χ1) is 20.4. The number of nitrogens with one attached hydrogen (secondary N) is 3. The second-order valence-corrected chi connectivity index (χ2v) is 11.3. The number of amides is 3. The first kappa shape index (κ1) is 35.4. The molecule has 1 aromatic carbocycles. The molecule has 14 heteroatoms. The Kier molecular flexibility index (Phi) is 17.7. The number of unbranched alkanes of at least 4 members (excludes halogenated alkanes) is 2. The van der Waals surface area contributed by atoms with E-state index in [-0.39, 0.29) is 48.4 Å². The molecule has 1 atom stereocenters. The number of nitro benzene ring substituents is 1. The molecule has 1 aliphatic heterocycles. The smallest absolute Gasteiger partial charge is 0.275 e. The third-order valence-corrected chi connectivity index (χ3v) is 7.97. The van der Waals surface area contributed by atoms with Crippen LogP contribution in [0, 0.1) is 10.1 Å². The Labute approximate surface area is 251 Å². The van der Waals surface area contributed by atoms with Crippen LogP contribution in [0.15, 0.2) is 18.2 Å². The van der Waals surface area contributed by atoms with Crippen LogP contribution in [-0.2, 0) is 21.0 Å². The maximum atomic E-state index is 12.7. The lowest BCUT2D eigenvalue weighted by Gasteiger charge is -2.15. The number of imide groups is 1. The number of nitrogens with two attached hydrogens (primary N) is 1. The summed E-state index contributed by atoms with van der Waals surface area (Å²) >= 11 is 1.43. The van der Waals surface area contributed by atoms with Crippen molar-refractivity contribution in [1.29, 1.82) is 0 Å². The number of nitro groups is 1. The van der Waals surface area contributed by atoms with E-state index in [4.69, 9.17) is 10.5 Å². The van der Waals surface area contributed by atoms with E-state index in [9.17, 15) is 29.6 Å². The number of hydrogen-bond acceptors (Lipinski definition) is 11. The van der Waals surface area contributed by atoms with Gasteiger partial charge in [0.05, 0.1) is 29.0 Å². The van der Waals surface area contributed by atoms with Gasteiger partial charge in [0.1, 0.15) is 5.75 Å². The van der Waals surface area contributed by atoms with Crippen molar-refractivity contribution < 1.29 is 29.2 Å². The van der Waals surface area contributed by atoms with Gasteiger partial charge in [-0.15, -0.1) is 11.8 Å². The van der Waals surface area contributed by atoms with Crippen LogP contribution >= 0.6 is 11.8 Å². The van der Waals surface area contributed by atoms with Crippen LogP contribution in [0.25, 0.3) is 0 Å². The molecule has 1 unspecified atom stereocenters. The minimum atomic E-state index is -0.549. The van der Waals surface area contributed by atoms with Crippen molar-refractivity contribution >= 4 is 35.2 Å². The standard InChI is InChI=1S/C28H46N6O7S/c29-10-5-13-30-11-1-2-12-31-14-6-15-32-26(36)9-16-33-27(37)20-25(28(33)38)42-18-4-3-17-41-23-7-8-24(34(39)40)22(19-23)21-35/h7-8,19,25,30-31,35H,1-6,9-18,20-21,29H2,(H,32,36). The Morgan fingerprint density at radius 1 is 1.07 bits per heavy atom. The maximum absolute atomic E-state index is 12.7. The summed E-state index contributed by atoms with van der Waals surface area (Å²) in [5.41, 5.74) is 5.49. The zero-order valence-corrected chi connectivity index (χ0v) is 25.1. The zero-order chi connectivity index (χ0) is 30.6. The van der Waals surface area contributed by atoms with E-state index in [0.29, 0.717) is 37.6 Å². The van der Waals surface area contributed by atoms with Crippen molar-refractivity contribution in [2.75, 3.05) is 58.2 Å². The third-order valence-electron chi connectivity index (χ3n) is 6.68. The fourth-order valence-corrected chi connectivity index (χ4v) is 5.50. The Morgan fingerprint density at radius 3 is 2.48 bits per heavy atom. The highest BCUT2D eigenvalue weighted by molar-refractivity contribution is 8.00. The van der Waals surface area contributed by atoms with Gasteiger partial charge in [-0.25, -0.2) is 0 Å². The number of carbonyl (C=O) groups is 3. The lowest BCUT2D eigenvalue weighted by atomic mass is 10.2. The van der Waals surface area contributed by atoms with Crippen molar-refractivity contribution in [3.8, 4) is 5.75 Å². The van der Waals surface area contributed by atoms with E-state index >= 15 is 0 Å². The predicted octanol–water partition coefficient (Wildman–Crippen LogP) is 1.31. The first-order valence-electron chi connectivity index (χ1n) is 14.7. The number of nitrogens with zero attached hydrogens (tertiary/aromatic N) is 2. The molecule has 42 heavy (non-hydrogen) atoms. The molecule has 1 aliphatic rings. The number of rotatable bonds is 24. The van der Waals surface area contributed by atoms with Gasteiger partial charge >= 0.3 is 0 Å². The van der Waals surface area contributed by atoms with Crippen LogP contribution in [0.1, 0.15) is 56.9 Å². The van der Waals surface area contributed by atoms with E-state index in [0.717, 1.165) is 58.3 Å². The lowest BCUT2D eigenvalue weighted by molar-refractivity contribution is -0.385. The van der Waals surface area contributed by atoms with Crippen molar-refractivity contribution in [3.63, 3.8) is 0 Å². The molecule has 6 N–H and O–H groups in total. The van der Waals surface area contributed by atoms with Crippen LogP contribution in [0.5, 0.6) is 5.75 Å². The van der Waals surface area contributed by atoms with Crippen LogP contribution in [0.2, 0.25) is 0 Å². The minimum absolute atomic E-state index is 0.0943. The van der Waals surface area contributed by atoms with Gasteiger partial charge in [0.25, 0.3) is 5.69 Å². The van der Waals surface area contributed by atoms with E-state index in [1.807, 2.05) is 0 Å². The second kappa shape index (κ2) is 21.0. The van der Waals surface area contributed by atoms with Crippen molar-refractivity contribution in [2.45, 2.75) is 63.2 Å². The van der Waals surface area contributed by atoms with Crippen LogP contribution in [0.4, 0.5) is 5.69 Å². The van der Waals surface area contributed by atoms with Gasteiger partial charge in [-0.05, 0) is 89.1 Å². The zero-order valence-electron chi connectivity index (χ0n) is 24.3. The molecule has 0 aliphatic carbocycles. The highest BCUT2D eigenvalue weighted by Crippen LogP contribution is 2.27. The topological polar surface area (TPSA) is 189 Å². The molecule has 0 saturated carbocycles. The summed E-state index contributed by atoms with van der Waals surface area (Å²) in [5, 5.41) is 29.4. The first-order valence-corrected chi connectivity index (χ1v) is 15.8. The molecule has 3 amide bonds. The average molecular weight is 611 g/mol. The number of benzene rings is 1. The Hall–Kier alpha value is -2.78. The molecule has 1 aromatic rings. The van der Waals surface area contributed by atoms with Crippen molar-refractivity contribution in [3.05, 3.63) is 33.9 Å². The molecule has 1 fully saturated rings. The summed E-state index contributed by atoms with van der Waals surface area (Å²) in [6.07, 6.45) is 5.69. The monoisotopic (exact) mass is 610 g/mol. The average Bonchev–Trinajstić information content (AvgIpc) is 3.25. The van der Waals surface area contributed by atoms with E-state index in [1.165, 1.54) is 34.9 Å². The highest BCUT2D eigenvalue weighted by atomic mass is 32.2. The number of ether oxygens (including phenoxy) is 1. The number of aliphatic hydroxyl groups is 1. The van der Waals surface area contributed by atoms with Crippen molar-refractivity contribution in [2.24, 2.45) is 5.73 Å². The van der Waals surface area contributed by atoms with Gasteiger partial charge in [0.2, 0.25) is 17.7 Å². The highest BCUT2D eigenvalue weighted by Gasteiger charge is 2.38. The summed E-state index contributed by atoms with van der Waals surface area (Å²) in [4.78, 5) is 48.8. The summed E-state index contributed by atoms with van der Waals surface area (Å²) in [6, 6.07) is 4.26. The van der Waals surface area contributed by atoms with Gasteiger partial charge in [0.15, 0.2) is 0 Å². The summed E-state index contributed by atoms with van der Waals surface area (Å²) in [5.74, 6) is 0.456. The second-order valence-electron chi connectivity index (χ2n) is 10.0. The van der Waals surface area contributed by atoms with Gasteiger partial charge in [-0.3, -0.25) is 29.4 Å². The SMILES string of the molecule is NCCCNCCCCNCCCNC(=O)CCN1C(=O)CC(SCCCCOc2ccc([N+](=O)[O-])c(CO)c2)C1=O. The van der Waals surface area contributed by atoms with E-state index in [2.05, 4.69) is 16.0 Å². The Morgan fingerprint density at radius 2 is 1.79 bits per heavy atom. The Balaban J connectivity index is 1.51. The minimum Gasteiger partial charge on any atom is -0.494 e. The summed E-state index contributed by atoms with van der Waals surface area (Å²) in [6.45, 7) is 4.99. The Bertz CT molecular complexity index is 999. The molecular formula is C28H46N6O7S. The fourth-order valence-electron chi connectivity index (χ4n) is 4.31. The molecule has 236 valence electrons. The molecule has 0 bridgehead atoms. The molecule has 1 saturated heterocycles. The number of hydrogen-bond donors (Lipinski definition) is 5. The number of thioether (sulfide) groups is 1. The summed E-state index contributed by atoms with van der Waals surface area (Å²) in [7, 11) is 0. The van der Waals surface area contributed by atoms with Crippen LogP contribution < -0.4 is 26.4 Å². The molecule has 2 rings (SSSR count). The normalized spacial score (nSPS) is 14.9. The largest absolute Gasteiger partial charge is 0.494 e. The van der Waals surface area contributed by atoms with Gasteiger partial charge < -0.3 is 31.5 Å². The number of carbonyl (C=O) groups excluding carboxylic acids is 3. The maximum Gasteiger partial charge on any atom is 0.275 e. The third kappa shape index (κ3) is 13.5. The van der Waals surface area contributed by atoms with Gasteiger partial charge in [0, 0.05) is 32.0 Å². The number of aliphatic hydroxyl groups excluding tert-OH is 1. The number of likely N-dealkylation sites (tertiary alicyclic amines) is 1. The quantitative estimate of drug-likeness (QED) is 0.0491. The fraction of sp³-hybridized carbons (Fsp3) is 0.679. The van der Waals surface area contributed by atoms with Crippen LogP contribution in [-0.4, -0.2) is 96.1 Å². The molecular weight excluding hydrogens is 564 g/mol. The molecule has 0 spiro atoms. The molecule has 13 nitrogen and oxygen atoms in total.